The van der Waals surface area contributed by atoms with Crippen molar-refractivity contribution in [3.05, 3.63) is 126 Å². The van der Waals surface area contributed by atoms with Crippen molar-refractivity contribution < 1.29 is 46.0 Å². The third-order valence-electron chi connectivity index (χ3n) is 20.8. The minimum absolute atomic E-state index is 0.0694. The maximum absolute atomic E-state index is 9.47. The van der Waals surface area contributed by atoms with Crippen molar-refractivity contribution in [3.8, 4) is 11.8 Å². The van der Waals surface area contributed by atoms with E-state index >= 15 is 0 Å². The number of hydrogen-bond acceptors (Lipinski definition) is 27. The Labute approximate surface area is 837 Å². The number of unbranched alkanes of at least 4 members (excludes halogenated alkanes) is 1. The number of nitrogens with zero attached hydrogens (tertiary/aromatic N) is 18. The van der Waals surface area contributed by atoms with Gasteiger partial charge in [-0.3, -0.25) is 49.0 Å². The smallest absolute Gasteiger partial charge is 0.0793 e. The number of aliphatic hydroxyl groups excluding tert-OH is 9. The number of rotatable bonds is 80. The van der Waals surface area contributed by atoms with E-state index in [1.807, 2.05) is 106 Å². The average Bonchev–Trinajstić information content (AvgIpc) is 0.922. The predicted octanol–water partition coefficient (Wildman–Crippen LogP) is 9.78. The van der Waals surface area contributed by atoms with Crippen LogP contribution in [0.4, 0.5) is 0 Å². The average molecular weight is 1920 g/mol. The molecule has 0 radical (unpaired) electrons. The van der Waals surface area contributed by atoms with Crippen LogP contribution in [-0.2, 0) is 0 Å². The topological polar surface area (TPSA) is 240 Å². The van der Waals surface area contributed by atoms with Gasteiger partial charge in [0.1, 0.15) is 0 Å². The van der Waals surface area contributed by atoms with E-state index < -0.39 is 24.4 Å². The third-order valence-corrected chi connectivity index (χ3v) is 20.8. The summed E-state index contributed by atoms with van der Waals surface area (Å²) < 4.78 is 0. The highest BCUT2D eigenvalue weighted by molar-refractivity contribution is 5.03. The Kier molecular flexibility index (Phi) is 129. The monoisotopic (exact) mass is 1920 g/mol. The first-order valence-corrected chi connectivity index (χ1v) is 51.7. The Morgan fingerprint density at radius 2 is 0.422 bits per heavy atom. The van der Waals surface area contributed by atoms with Crippen molar-refractivity contribution in [3.63, 3.8) is 0 Å². The quantitative estimate of drug-likeness (QED) is 0.0156. The molecule has 0 aromatic rings. The van der Waals surface area contributed by atoms with Crippen LogP contribution in [0.25, 0.3) is 0 Å². The molecule has 4 atom stereocenters. The van der Waals surface area contributed by atoms with Gasteiger partial charge in [0, 0.05) is 183 Å². The molecule has 0 bridgehead atoms. The molecule has 0 saturated heterocycles. The molecule has 0 aliphatic carbocycles. The molecule has 0 amide bonds. The van der Waals surface area contributed by atoms with Crippen molar-refractivity contribution in [2.24, 2.45) is 0 Å². The first-order valence-electron chi connectivity index (χ1n) is 51.7. The highest BCUT2D eigenvalue weighted by Gasteiger charge is 2.17. The fourth-order valence-corrected chi connectivity index (χ4v) is 13.9. The lowest BCUT2D eigenvalue weighted by molar-refractivity contribution is 0.0542. The predicted molar refractivity (Wildman–Crippen MR) is 593 cm³/mol. The van der Waals surface area contributed by atoms with Crippen molar-refractivity contribution >= 4 is 0 Å². The summed E-state index contributed by atoms with van der Waals surface area (Å²) >= 11 is 0. The van der Waals surface area contributed by atoms with Crippen molar-refractivity contribution in [2.45, 2.75) is 186 Å². The van der Waals surface area contributed by atoms with Crippen molar-refractivity contribution in [1.82, 2.24) is 88.2 Å². The first-order chi connectivity index (χ1) is 64.5. The van der Waals surface area contributed by atoms with Gasteiger partial charge >= 0.3 is 0 Å². The van der Waals surface area contributed by atoms with Crippen LogP contribution in [0.1, 0.15) is 156 Å². The molecular weight excluding hydrogens is 1690 g/mol. The van der Waals surface area contributed by atoms with Gasteiger partial charge in [0.15, 0.2) is 0 Å². The zero-order chi connectivity index (χ0) is 104. The van der Waals surface area contributed by atoms with Crippen LogP contribution < -0.4 is 0 Å². The van der Waals surface area contributed by atoms with Crippen LogP contribution in [-0.4, -0.2) is 549 Å². The molecular formula is C108H228N18O9. The molecule has 0 aliphatic heterocycles. The van der Waals surface area contributed by atoms with E-state index in [1.165, 1.54) is 123 Å². The summed E-state index contributed by atoms with van der Waals surface area (Å²) in [5, 5.41) is 82.5. The molecule has 135 heavy (non-hydrogen) atoms. The fraction of sp³-hybridized carbons (Fsp3) is 0.796. The molecule has 0 aromatic carbocycles. The SMILES string of the molecule is C=CCN(CC=C)C/C=C/CN(CC=C)CC=C.C=CCN(CC=C)CCN(CC=C)CC=C.CC(O)CN(CCN(CC(C)O)CC(C)O)CC(C)O.CCCN(CCC)CCCCN(CCC)CCC.CCN(CC)CC#CCN(CC)CC.CCN(CC)CCCN(CC)CC.CN(C)C/C=C/CN(C)C.CN(C)CC(O)CN(C)C.OCCN(CCO)CCN(CCO)CCO. The van der Waals surface area contributed by atoms with Crippen LogP contribution in [0.5, 0.6) is 0 Å². The molecule has 27 nitrogen and oxygen atoms in total. The minimum Gasteiger partial charge on any atom is -0.395 e. The van der Waals surface area contributed by atoms with Gasteiger partial charge in [0.25, 0.3) is 0 Å². The Morgan fingerprint density at radius 3 is 0.622 bits per heavy atom. The second-order valence-electron chi connectivity index (χ2n) is 35.5. The third kappa shape index (κ3) is 120. The van der Waals surface area contributed by atoms with E-state index in [0.717, 1.165) is 144 Å². The molecule has 4 unspecified atom stereocenters. The van der Waals surface area contributed by atoms with Crippen LogP contribution >= 0.6 is 0 Å². The van der Waals surface area contributed by atoms with Gasteiger partial charge in [-0.2, -0.15) is 0 Å². The van der Waals surface area contributed by atoms with Crippen molar-refractivity contribution in [2.75, 3.05) is 384 Å². The molecule has 0 fully saturated rings. The molecule has 0 aromatic heterocycles. The molecule has 804 valence electrons. The van der Waals surface area contributed by atoms with E-state index in [-0.39, 0.29) is 32.5 Å². The van der Waals surface area contributed by atoms with Gasteiger partial charge in [-0.1, -0.05) is 168 Å². The number of aliphatic hydroxyl groups is 9. The molecule has 0 rings (SSSR count). The van der Waals surface area contributed by atoms with Crippen LogP contribution in [0.2, 0.25) is 0 Å². The Bertz CT molecular complexity index is 2310. The van der Waals surface area contributed by atoms with Gasteiger partial charge < -0.3 is 85.2 Å². The largest absolute Gasteiger partial charge is 0.395 e. The molecule has 9 N–H and O–H groups in total. The Hall–Kier alpha value is -4.12. The number of hydrogen-bond donors (Lipinski definition) is 9. The molecule has 0 spiro atoms. The number of likely N-dealkylation sites (N-methyl/N-ethyl adjacent to an activating group) is 4. The summed E-state index contributed by atoms with van der Waals surface area (Å²) in [6.07, 6.45) is 31.3. The summed E-state index contributed by atoms with van der Waals surface area (Å²) in [6, 6.07) is 0. The van der Waals surface area contributed by atoms with E-state index in [9.17, 15) is 25.5 Å². The zero-order valence-electron chi connectivity index (χ0n) is 92.9. The molecule has 27 heteroatoms. The van der Waals surface area contributed by atoms with Gasteiger partial charge in [-0.25, -0.2) is 0 Å². The summed E-state index contributed by atoms with van der Waals surface area (Å²) in [6.45, 7) is 107. The lowest BCUT2D eigenvalue weighted by atomic mass is 10.2. The summed E-state index contributed by atoms with van der Waals surface area (Å²) in [7, 11) is 16.1. The highest BCUT2D eigenvalue weighted by Crippen LogP contribution is 2.06. The molecule has 0 heterocycles. The fourth-order valence-electron chi connectivity index (χ4n) is 13.9. The van der Waals surface area contributed by atoms with Gasteiger partial charge in [0.05, 0.1) is 70.0 Å². The van der Waals surface area contributed by atoms with Gasteiger partial charge in [-0.05, 0) is 234 Å². The first kappa shape index (κ1) is 149. The molecule has 0 aliphatic rings. The van der Waals surface area contributed by atoms with E-state index in [4.69, 9.17) is 20.4 Å². The van der Waals surface area contributed by atoms with Crippen LogP contribution in [0.15, 0.2) is 126 Å². The zero-order valence-corrected chi connectivity index (χ0v) is 92.9. The molecule has 0 saturated carbocycles. The van der Waals surface area contributed by atoms with Crippen LogP contribution in [0.3, 0.4) is 0 Å². The van der Waals surface area contributed by atoms with Gasteiger partial charge in [0.2, 0.25) is 0 Å². The highest BCUT2D eigenvalue weighted by atomic mass is 16.3. The Balaban J connectivity index is -0.000000190. The lowest BCUT2D eigenvalue weighted by Crippen LogP contribution is -2.44. The van der Waals surface area contributed by atoms with Crippen molar-refractivity contribution in [1.29, 1.82) is 0 Å². The van der Waals surface area contributed by atoms with E-state index in [1.54, 1.807) is 27.7 Å². The Morgan fingerprint density at radius 1 is 0.215 bits per heavy atom. The maximum Gasteiger partial charge on any atom is 0.0793 e. The summed E-state index contributed by atoms with van der Waals surface area (Å²) in [5.41, 5.74) is 0. The second-order valence-corrected chi connectivity index (χ2v) is 35.5. The van der Waals surface area contributed by atoms with E-state index in [2.05, 4.69) is 259 Å². The lowest BCUT2D eigenvalue weighted by Gasteiger charge is -2.30. The standard InChI is InChI=1S/C16H36N2.C16H26N2.C14H32N2O4.C14H24N2.C12H24N2.C11H26N2.C10H24N2O4.C8H18N2.C7H18N2O/c2*1-5-11-17(12-6-2)15-9-10-16-18(13-7-3)14-8-4;1-11(17)7-15(8-12(2)18)5-6-16(9-13(3)19)10-14(4)20;1-5-9-15(10-6-2)13-14-16(11-7-3)12-8-4;1-5-13(6-2)11-9-10-12-14(7-3)8-4;1-5-12(6-2)10-9-11-13(7-3)8-4;13-7-3-11(4-8-14)1-2-12(5-9-15)6-10-16;1-9(2)7-5-6-8-10(3)4;1-8(2)5-7(10)6-9(3)4/h5-16H2,1-4H3;5-10H,1-4,11-16H2;11-14,17-20H,5-10H2,1-4H3;5-8H,1-4,9-14H2;5-8,11-12H2,1-4H3;5-11H2,1-4H3;13-16H,1-10H2;5-6H,7-8H2,1-4H3;7,10H,5-6H2,1-4H3/b;10-9+;;;;;;6-5+;. The van der Waals surface area contributed by atoms with Crippen LogP contribution in [0, 0.1) is 11.8 Å². The second kappa shape index (κ2) is 117. The summed E-state index contributed by atoms with van der Waals surface area (Å²) in [5.74, 6) is 6.44. The minimum atomic E-state index is -0.448. The summed E-state index contributed by atoms with van der Waals surface area (Å²) in [4.78, 5) is 40.2. The van der Waals surface area contributed by atoms with E-state index in [0.29, 0.717) is 78.5 Å². The van der Waals surface area contributed by atoms with Gasteiger partial charge in [-0.15, -0.1) is 52.6 Å². The maximum atomic E-state index is 9.47. The normalized spacial score (nSPS) is 12.3.